The second kappa shape index (κ2) is 7.23. The van der Waals surface area contributed by atoms with Crippen LogP contribution in [0.15, 0.2) is 43.0 Å². The summed E-state index contributed by atoms with van der Waals surface area (Å²) in [4.78, 5) is 0. The van der Waals surface area contributed by atoms with Crippen LogP contribution in [0.3, 0.4) is 0 Å². The minimum Gasteiger partial charge on any atom is -0.410 e. The topological polar surface area (TPSA) is 9.23 Å². The Morgan fingerprint density at radius 3 is 2.70 bits per heavy atom. The molecule has 0 radical (unpaired) electrons. The molecule has 0 N–H and O–H groups in total. The van der Waals surface area contributed by atoms with Crippen molar-refractivity contribution in [3.63, 3.8) is 0 Å². The van der Waals surface area contributed by atoms with Gasteiger partial charge in [-0.1, -0.05) is 49.2 Å². The van der Waals surface area contributed by atoms with Crippen LogP contribution >= 0.6 is 0 Å². The summed E-state index contributed by atoms with van der Waals surface area (Å²) in [5, 5.41) is 1.41. The van der Waals surface area contributed by atoms with Crippen LogP contribution in [0.5, 0.6) is 0 Å². The molecule has 0 amide bonds. The first-order chi connectivity index (χ1) is 9.62. The van der Waals surface area contributed by atoms with Crippen molar-refractivity contribution in [3.8, 4) is 0 Å². The van der Waals surface area contributed by atoms with Crippen LogP contribution in [0.25, 0.3) is 0 Å². The summed E-state index contributed by atoms with van der Waals surface area (Å²) in [5.41, 5.74) is 0. The fourth-order valence-electron chi connectivity index (χ4n) is 3.29. The van der Waals surface area contributed by atoms with E-state index in [9.17, 15) is 0 Å². The van der Waals surface area contributed by atoms with Crippen molar-refractivity contribution in [2.24, 2.45) is 5.92 Å². The zero-order chi connectivity index (χ0) is 14.4. The van der Waals surface area contributed by atoms with Crippen molar-refractivity contribution in [2.75, 3.05) is 0 Å². The van der Waals surface area contributed by atoms with Crippen LogP contribution in [-0.2, 0) is 4.43 Å². The number of benzene rings is 1. The lowest BCUT2D eigenvalue weighted by atomic mass is 9.84. The molecule has 1 saturated carbocycles. The van der Waals surface area contributed by atoms with Gasteiger partial charge in [-0.25, -0.2) is 0 Å². The van der Waals surface area contributed by atoms with Crippen molar-refractivity contribution in [1.82, 2.24) is 0 Å². The third-order valence-electron chi connectivity index (χ3n) is 4.44. The molecule has 0 unspecified atom stereocenters. The van der Waals surface area contributed by atoms with E-state index in [4.69, 9.17) is 4.43 Å². The van der Waals surface area contributed by atoms with Crippen LogP contribution in [0.4, 0.5) is 0 Å². The second-order valence-electron chi connectivity index (χ2n) is 6.51. The van der Waals surface area contributed by atoms with E-state index in [2.05, 4.69) is 50.0 Å². The zero-order valence-electron chi connectivity index (χ0n) is 13.0. The Labute approximate surface area is 125 Å². The van der Waals surface area contributed by atoms with E-state index in [1.165, 1.54) is 37.3 Å². The lowest BCUT2D eigenvalue weighted by Gasteiger charge is -2.35. The number of allylic oxidation sites excluding steroid dienone is 1. The van der Waals surface area contributed by atoms with E-state index >= 15 is 0 Å². The van der Waals surface area contributed by atoms with Crippen LogP contribution in [0.2, 0.25) is 13.1 Å². The maximum atomic E-state index is 6.59. The van der Waals surface area contributed by atoms with Gasteiger partial charge in [0.1, 0.15) is 0 Å². The molecule has 2 rings (SSSR count). The SMILES string of the molecule is C=CCC[C@@H]1CCC[C@@H](O[Si](C)(C)c2ccccc2)C1. The Bertz CT molecular complexity index is 413. The van der Waals surface area contributed by atoms with Crippen molar-refractivity contribution >= 4 is 13.5 Å². The van der Waals surface area contributed by atoms with Crippen LogP contribution in [0, 0.1) is 5.92 Å². The molecule has 1 nitrogen and oxygen atoms in total. The molecular formula is C18H28OSi. The highest BCUT2D eigenvalue weighted by Gasteiger charge is 2.31. The number of rotatable bonds is 6. The highest BCUT2D eigenvalue weighted by atomic mass is 28.4. The van der Waals surface area contributed by atoms with E-state index in [0.29, 0.717) is 6.10 Å². The normalized spacial score (nSPS) is 23.5. The molecule has 1 aromatic carbocycles. The van der Waals surface area contributed by atoms with Crippen LogP contribution in [-0.4, -0.2) is 14.4 Å². The Hall–Kier alpha value is -0.863. The van der Waals surface area contributed by atoms with Gasteiger partial charge in [0.2, 0.25) is 8.32 Å². The predicted molar refractivity (Wildman–Crippen MR) is 89.8 cm³/mol. The van der Waals surface area contributed by atoms with Crippen molar-refractivity contribution in [3.05, 3.63) is 43.0 Å². The molecule has 2 heteroatoms. The van der Waals surface area contributed by atoms with Crippen LogP contribution in [0.1, 0.15) is 38.5 Å². The summed E-state index contributed by atoms with van der Waals surface area (Å²) in [6, 6.07) is 10.8. The van der Waals surface area contributed by atoms with Gasteiger partial charge in [-0.3, -0.25) is 0 Å². The first kappa shape index (κ1) is 15.5. The average Bonchev–Trinajstić information content (AvgIpc) is 2.46. The van der Waals surface area contributed by atoms with Gasteiger partial charge >= 0.3 is 0 Å². The fraction of sp³-hybridized carbons (Fsp3) is 0.556. The zero-order valence-corrected chi connectivity index (χ0v) is 14.0. The first-order valence-corrected chi connectivity index (χ1v) is 10.9. The highest BCUT2D eigenvalue weighted by Crippen LogP contribution is 2.31. The molecule has 0 spiro atoms. The largest absolute Gasteiger partial charge is 0.410 e. The standard InChI is InChI=1S/C18H28OSi/c1-4-5-10-16-11-9-12-17(15-16)19-20(2,3)18-13-7-6-8-14-18/h4,6-8,13-14,16-17H,1,5,9-12,15H2,2-3H3/t16-,17-/m1/s1. The molecule has 0 saturated heterocycles. The lowest BCUT2D eigenvalue weighted by molar-refractivity contribution is 0.116. The third-order valence-corrected chi connectivity index (χ3v) is 7.09. The molecule has 1 fully saturated rings. The van der Waals surface area contributed by atoms with Gasteiger partial charge in [0.05, 0.1) is 0 Å². The van der Waals surface area contributed by atoms with Gasteiger partial charge in [0, 0.05) is 6.10 Å². The van der Waals surface area contributed by atoms with Crippen molar-refractivity contribution in [1.29, 1.82) is 0 Å². The molecule has 110 valence electrons. The summed E-state index contributed by atoms with van der Waals surface area (Å²) in [5.74, 6) is 0.840. The van der Waals surface area contributed by atoms with E-state index in [-0.39, 0.29) is 0 Å². The molecule has 1 aliphatic carbocycles. The summed E-state index contributed by atoms with van der Waals surface area (Å²) < 4.78 is 6.59. The quantitative estimate of drug-likeness (QED) is 0.547. The Balaban J connectivity index is 1.93. The van der Waals surface area contributed by atoms with Gasteiger partial charge in [-0.2, -0.15) is 0 Å². The van der Waals surface area contributed by atoms with Gasteiger partial charge < -0.3 is 4.43 Å². The molecule has 1 aliphatic rings. The van der Waals surface area contributed by atoms with Crippen LogP contribution < -0.4 is 5.19 Å². The molecular weight excluding hydrogens is 260 g/mol. The van der Waals surface area contributed by atoms with Gasteiger partial charge in [-0.05, 0) is 49.9 Å². The first-order valence-electron chi connectivity index (χ1n) is 7.96. The fourth-order valence-corrected chi connectivity index (χ4v) is 5.47. The van der Waals surface area contributed by atoms with E-state index in [0.717, 1.165) is 12.3 Å². The smallest absolute Gasteiger partial charge is 0.218 e. The Morgan fingerprint density at radius 2 is 2.00 bits per heavy atom. The van der Waals surface area contributed by atoms with Crippen molar-refractivity contribution in [2.45, 2.75) is 57.7 Å². The molecule has 20 heavy (non-hydrogen) atoms. The molecule has 0 bridgehead atoms. The summed E-state index contributed by atoms with van der Waals surface area (Å²) >= 11 is 0. The number of hydrogen-bond donors (Lipinski definition) is 0. The monoisotopic (exact) mass is 288 g/mol. The summed E-state index contributed by atoms with van der Waals surface area (Å²) in [6.07, 6.45) is 10.2. The molecule has 1 aromatic rings. The second-order valence-corrected chi connectivity index (χ2v) is 10.3. The highest BCUT2D eigenvalue weighted by molar-refractivity contribution is 6.84. The summed E-state index contributed by atoms with van der Waals surface area (Å²) in [7, 11) is -1.75. The molecule has 0 aliphatic heterocycles. The minimum absolute atomic E-state index is 0.473. The molecule has 2 atom stereocenters. The van der Waals surface area contributed by atoms with Crippen molar-refractivity contribution < 1.29 is 4.43 Å². The third kappa shape index (κ3) is 4.32. The minimum atomic E-state index is -1.75. The Morgan fingerprint density at radius 1 is 1.25 bits per heavy atom. The van der Waals surface area contributed by atoms with E-state index in [1.54, 1.807) is 0 Å². The van der Waals surface area contributed by atoms with Gasteiger partial charge in [-0.15, -0.1) is 6.58 Å². The van der Waals surface area contributed by atoms with E-state index < -0.39 is 8.32 Å². The molecule has 0 aromatic heterocycles. The average molecular weight is 289 g/mol. The maximum absolute atomic E-state index is 6.59. The number of hydrogen-bond acceptors (Lipinski definition) is 1. The lowest BCUT2D eigenvalue weighted by Crippen LogP contribution is -2.48. The van der Waals surface area contributed by atoms with E-state index in [1.807, 2.05) is 6.08 Å². The van der Waals surface area contributed by atoms with Gasteiger partial charge in [0.15, 0.2) is 0 Å². The maximum Gasteiger partial charge on any atom is 0.218 e. The molecule has 0 heterocycles. The Kier molecular flexibility index (Phi) is 5.61. The predicted octanol–water partition coefficient (Wildman–Crippen LogP) is 4.64. The van der Waals surface area contributed by atoms with Gasteiger partial charge in [0.25, 0.3) is 0 Å². The summed E-state index contributed by atoms with van der Waals surface area (Å²) in [6.45, 7) is 8.50.